The van der Waals surface area contributed by atoms with Crippen LogP contribution in [0.4, 0.5) is 0 Å². The second kappa shape index (κ2) is 9.15. The number of hydrogen-bond acceptors (Lipinski definition) is 0. The second-order valence-electron chi connectivity index (χ2n) is 7.06. The molecule has 26 heavy (non-hydrogen) atoms. The molecule has 0 bridgehead atoms. The van der Waals surface area contributed by atoms with Crippen LogP contribution in [0.15, 0.2) is 91.0 Å². The maximum absolute atomic E-state index is 3.24. The van der Waals surface area contributed by atoms with Crippen LogP contribution in [0, 0.1) is 0 Å². The number of rotatable bonds is 8. The van der Waals surface area contributed by atoms with Crippen molar-refractivity contribution in [2.45, 2.75) is 43.7 Å². The highest BCUT2D eigenvalue weighted by Crippen LogP contribution is 2.51. The first-order valence-electron chi connectivity index (χ1n) is 9.71. The molecule has 0 aliphatic carbocycles. The van der Waals surface area contributed by atoms with Crippen molar-refractivity contribution in [1.82, 2.24) is 0 Å². The van der Waals surface area contributed by atoms with E-state index in [2.05, 4.69) is 107 Å². The van der Waals surface area contributed by atoms with Gasteiger partial charge in [0.2, 0.25) is 0 Å². The van der Waals surface area contributed by atoms with E-state index >= 15 is 0 Å². The van der Waals surface area contributed by atoms with Crippen LogP contribution in [0.3, 0.4) is 0 Å². The van der Waals surface area contributed by atoms with Crippen LogP contribution in [0.2, 0.25) is 0 Å². The van der Waals surface area contributed by atoms with Crippen molar-refractivity contribution in [3.63, 3.8) is 0 Å². The Hall–Kier alpha value is -1.91. The van der Waals surface area contributed by atoms with Crippen molar-refractivity contribution >= 4 is 9.24 Å². The van der Waals surface area contributed by atoms with Crippen LogP contribution < -0.4 is 0 Å². The molecule has 0 aliphatic heterocycles. The predicted molar refractivity (Wildman–Crippen MR) is 117 cm³/mol. The Bertz CT molecular complexity index is 726. The van der Waals surface area contributed by atoms with E-state index in [9.17, 15) is 0 Å². The van der Waals surface area contributed by atoms with Gasteiger partial charge in [-0.1, -0.05) is 117 Å². The average Bonchev–Trinajstić information content (AvgIpc) is 2.73. The topological polar surface area (TPSA) is 0 Å². The van der Waals surface area contributed by atoms with Gasteiger partial charge >= 0.3 is 0 Å². The molecule has 2 atom stereocenters. The Labute approximate surface area is 160 Å². The molecule has 3 aromatic rings. The molecule has 1 heteroatoms. The molecule has 0 saturated carbocycles. The summed E-state index contributed by atoms with van der Waals surface area (Å²) in [5.41, 5.74) is 4.15. The molecule has 0 heterocycles. The van der Waals surface area contributed by atoms with E-state index in [0.717, 1.165) is 0 Å². The summed E-state index contributed by atoms with van der Waals surface area (Å²) in [6.45, 7) is 2.28. The molecule has 0 nitrogen and oxygen atoms in total. The van der Waals surface area contributed by atoms with E-state index in [1.54, 1.807) is 0 Å². The summed E-state index contributed by atoms with van der Waals surface area (Å²) in [7, 11) is 3.24. The molecular weight excluding hydrogens is 331 g/mol. The van der Waals surface area contributed by atoms with Gasteiger partial charge in [0.1, 0.15) is 0 Å². The van der Waals surface area contributed by atoms with Gasteiger partial charge in [-0.05, 0) is 23.1 Å². The van der Waals surface area contributed by atoms with Crippen LogP contribution in [-0.4, -0.2) is 0 Å². The predicted octanol–water partition coefficient (Wildman–Crippen LogP) is 7.17. The van der Waals surface area contributed by atoms with Gasteiger partial charge < -0.3 is 0 Å². The maximum atomic E-state index is 3.24. The molecule has 0 N–H and O–H groups in total. The molecule has 0 aromatic heterocycles. The highest BCUT2D eigenvalue weighted by Gasteiger charge is 2.38. The van der Waals surface area contributed by atoms with E-state index in [-0.39, 0.29) is 5.16 Å². The Morgan fingerprint density at radius 3 is 1.62 bits per heavy atom. The number of hydrogen-bond donors (Lipinski definition) is 0. The number of benzene rings is 3. The molecule has 0 aliphatic rings. The van der Waals surface area contributed by atoms with E-state index in [4.69, 9.17) is 0 Å². The van der Waals surface area contributed by atoms with Crippen molar-refractivity contribution < 1.29 is 0 Å². The summed E-state index contributed by atoms with van der Waals surface area (Å²) in [5.74, 6) is 0.421. The van der Waals surface area contributed by atoms with Gasteiger partial charge in [-0.2, -0.15) is 0 Å². The first kappa shape index (κ1) is 18.9. The van der Waals surface area contributed by atoms with E-state index < -0.39 is 0 Å². The molecule has 3 rings (SSSR count). The Kier molecular flexibility index (Phi) is 6.64. The van der Waals surface area contributed by atoms with E-state index in [1.807, 2.05) is 0 Å². The summed E-state index contributed by atoms with van der Waals surface area (Å²) in [6, 6.07) is 33.0. The van der Waals surface area contributed by atoms with Crippen molar-refractivity contribution in [2.24, 2.45) is 0 Å². The smallest absolute Gasteiger partial charge is 0.0412 e. The summed E-state index contributed by atoms with van der Waals surface area (Å²) in [6.07, 6.45) is 4.98. The van der Waals surface area contributed by atoms with Gasteiger partial charge in [0, 0.05) is 11.1 Å². The van der Waals surface area contributed by atoms with Crippen LogP contribution in [0.25, 0.3) is 0 Å². The summed E-state index contributed by atoms with van der Waals surface area (Å²) < 4.78 is 0. The first-order chi connectivity index (χ1) is 12.8. The molecule has 0 spiro atoms. The van der Waals surface area contributed by atoms with Gasteiger partial charge in [0.25, 0.3) is 0 Å². The molecule has 0 radical (unpaired) electrons. The van der Waals surface area contributed by atoms with Crippen molar-refractivity contribution in [3.8, 4) is 0 Å². The molecule has 0 amide bonds. The summed E-state index contributed by atoms with van der Waals surface area (Å²) in [4.78, 5) is 0. The minimum Gasteiger partial charge on any atom is -0.121 e. The summed E-state index contributed by atoms with van der Waals surface area (Å²) in [5, 5.41) is -0.127. The van der Waals surface area contributed by atoms with Crippen LogP contribution >= 0.6 is 9.24 Å². The zero-order chi connectivity index (χ0) is 18.2. The van der Waals surface area contributed by atoms with Gasteiger partial charge in [-0.25, -0.2) is 0 Å². The van der Waals surface area contributed by atoms with Gasteiger partial charge in [0.05, 0.1) is 0 Å². The third-order valence-corrected chi connectivity index (χ3v) is 6.42. The van der Waals surface area contributed by atoms with Gasteiger partial charge in [0.15, 0.2) is 0 Å². The highest BCUT2D eigenvalue weighted by molar-refractivity contribution is 7.19. The molecular formula is C25H29P. The van der Waals surface area contributed by atoms with Crippen LogP contribution in [0.1, 0.15) is 55.2 Å². The normalized spacial score (nSPS) is 12.7. The lowest BCUT2D eigenvalue weighted by Crippen LogP contribution is -2.29. The minimum atomic E-state index is -0.127. The zero-order valence-corrected chi connectivity index (χ0v) is 16.8. The maximum Gasteiger partial charge on any atom is 0.0412 e. The third-order valence-electron chi connectivity index (χ3n) is 5.35. The average molecular weight is 360 g/mol. The van der Waals surface area contributed by atoms with E-state index in [1.165, 1.54) is 42.4 Å². The van der Waals surface area contributed by atoms with Gasteiger partial charge in [-0.15, -0.1) is 9.24 Å². The standard InChI is InChI=1S/C25H29P/c1-2-3-7-20-24(21-14-8-4-9-15-21)25(26,22-16-10-5-11-17-22)23-18-12-6-13-19-23/h4-6,8-19,24H,2-3,7,20,26H2,1H3. The molecule has 2 unspecified atom stereocenters. The molecule has 134 valence electrons. The molecule has 0 fully saturated rings. The van der Waals surface area contributed by atoms with Crippen molar-refractivity contribution in [2.75, 3.05) is 0 Å². The highest BCUT2D eigenvalue weighted by atomic mass is 31.0. The lowest BCUT2D eigenvalue weighted by Gasteiger charge is -2.39. The summed E-state index contributed by atoms with van der Waals surface area (Å²) >= 11 is 0. The Balaban J connectivity index is 2.13. The number of unbranched alkanes of at least 4 members (excludes halogenated alkanes) is 2. The SMILES string of the molecule is CCCCCC(c1ccccc1)C(P)(c1ccccc1)c1ccccc1. The van der Waals surface area contributed by atoms with Crippen LogP contribution in [0.5, 0.6) is 0 Å². The first-order valence-corrected chi connectivity index (χ1v) is 10.3. The Morgan fingerprint density at radius 1 is 0.692 bits per heavy atom. The fourth-order valence-corrected chi connectivity index (χ4v) is 4.68. The van der Waals surface area contributed by atoms with Crippen molar-refractivity contribution in [1.29, 1.82) is 0 Å². The van der Waals surface area contributed by atoms with Crippen molar-refractivity contribution in [3.05, 3.63) is 108 Å². The van der Waals surface area contributed by atoms with Crippen LogP contribution in [-0.2, 0) is 5.16 Å². The second-order valence-corrected chi connectivity index (χ2v) is 7.97. The largest absolute Gasteiger partial charge is 0.121 e. The zero-order valence-electron chi connectivity index (χ0n) is 15.6. The lowest BCUT2D eigenvalue weighted by atomic mass is 9.74. The van der Waals surface area contributed by atoms with E-state index in [0.29, 0.717) is 5.92 Å². The lowest BCUT2D eigenvalue weighted by molar-refractivity contribution is 0.490. The fourth-order valence-electron chi connectivity index (χ4n) is 3.94. The monoisotopic (exact) mass is 360 g/mol. The van der Waals surface area contributed by atoms with Gasteiger partial charge in [-0.3, -0.25) is 0 Å². The third kappa shape index (κ3) is 4.08. The fraction of sp³-hybridized carbons (Fsp3) is 0.280. The molecule has 3 aromatic carbocycles. The Morgan fingerprint density at radius 2 is 1.15 bits per heavy atom. The molecule has 0 saturated heterocycles. The quantitative estimate of drug-likeness (QED) is 0.295. The minimum absolute atomic E-state index is 0.127.